The third-order valence-corrected chi connectivity index (χ3v) is 9.59. The van der Waals surface area contributed by atoms with Crippen LogP contribution in [0.15, 0.2) is 152 Å². The molecule has 0 aliphatic rings. The highest BCUT2D eigenvalue weighted by atomic mass is 15.0. The smallest absolute Gasteiger partial charge is 0.101 e. The first-order chi connectivity index (χ1) is 24.7. The lowest BCUT2D eigenvalue weighted by atomic mass is 9.94. The molecule has 230 valence electrons. The maximum atomic E-state index is 10.3. The second-order valence-electron chi connectivity index (χ2n) is 12.3. The lowest BCUT2D eigenvalue weighted by Gasteiger charge is -2.16. The Bertz CT molecular complexity index is 2920. The van der Waals surface area contributed by atoms with Gasteiger partial charge in [-0.15, -0.1) is 0 Å². The fourth-order valence-electron chi connectivity index (χ4n) is 7.40. The van der Waals surface area contributed by atoms with Crippen LogP contribution in [0.3, 0.4) is 0 Å². The normalized spacial score (nSPS) is 11.1. The third-order valence-electron chi connectivity index (χ3n) is 9.59. The Hall–Kier alpha value is -7.39. The van der Waals surface area contributed by atoms with E-state index in [-0.39, 0.29) is 0 Å². The first-order valence-electron chi connectivity index (χ1n) is 16.3. The summed E-state index contributed by atoms with van der Waals surface area (Å²) < 4.78 is 4.40. The molecule has 50 heavy (non-hydrogen) atoms. The monoisotopic (exact) mass is 635 g/mol. The maximum absolute atomic E-state index is 10.3. The Balaban J connectivity index is 1.26. The van der Waals surface area contributed by atoms with Crippen LogP contribution in [0.1, 0.15) is 16.7 Å². The summed E-state index contributed by atoms with van der Waals surface area (Å²) in [5.41, 5.74) is 11.2. The van der Waals surface area contributed by atoms with Crippen LogP contribution in [0.5, 0.6) is 0 Å². The van der Waals surface area contributed by atoms with Crippen molar-refractivity contribution in [3.63, 3.8) is 0 Å². The summed E-state index contributed by atoms with van der Waals surface area (Å²) in [7, 11) is 0. The Morgan fingerprint density at radius 1 is 0.360 bits per heavy atom. The van der Waals surface area contributed by atoms with Gasteiger partial charge in [-0.25, -0.2) is 0 Å². The molecule has 0 aliphatic carbocycles. The van der Waals surface area contributed by atoms with Gasteiger partial charge in [-0.05, 0) is 89.5 Å². The fraction of sp³-hybridized carbons (Fsp3) is 0. The summed E-state index contributed by atoms with van der Waals surface area (Å²) in [6, 6.07) is 57.7. The summed E-state index contributed by atoms with van der Waals surface area (Å²) in [6.45, 7) is 0. The molecular formula is C45H25N5. The van der Waals surface area contributed by atoms with Crippen molar-refractivity contribution >= 4 is 43.6 Å². The molecule has 2 heterocycles. The molecule has 9 aromatic rings. The minimum absolute atomic E-state index is 0.538. The molecule has 5 heteroatoms. The Morgan fingerprint density at radius 2 is 0.920 bits per heavy atom. The molecule has 0 N–H and O–H groups in total. The number of benzene rings is 7. The van der Waals surface area contributed by atoms with Crippen LogP contribution in [-0.2, 0) is 0 Å². The first-order valence-corrected chi connectivity index (χ1v) is 16.3. The molecular weight excluding hydrogens is 611 g/mol. The van der Waals surface area contributed by atoms with Gasteiger partial charge in [0, 0.05) is 27.1 Å². The van der Waals surface area contributed by atoms with Crippen LogP contribution in [-0.4, -0.2) is 9.13 Å². The van der Waals surface area contributed by atoms with Crippen molar-refractivity contribution in [2.75, 3.05) is 0 Å². The fourth-order valence-corrected chi connectivity index (χ4v) is 7.40. The highest BCUT2D eigenvalue weighted by Crippen LogP contribution is 2.39. The number of fused-ring (bicyclic) bond motifs is 6. The molecule has 0 radical (unpaired) electrons. The van der Waals surface area contributed by atoms with Crippen molar-refractivity contribution in [3.05, 3.63) is 168 Å². The molecule has 0 saturated heterocycles. The molecule has 0 unspecified atom stereocenters. The molecule has 0 bridgehead atoms. The predicted octanol–water partition coefficient (Wildman–Crippen LogP) is 10.8. The first kappa shape index (κ1) is 28.8. The Labute approximate surface area is 287 Å². The van der Waals surface area contributed by atoms with Gasteiger partial charge in [-0.1, -0.05) is 78.9 Å². The molecule has 0 fully saturated rings. The van der Waals surface area contributed by atoms with Gasteiger partial charge < -0.3 is 9.13 Å². The zero-order valence-electron chi connectivity index (χ0n) is 26.7. The lowest BCUT2D eigenvalue weighted by Crippen LogP contribution is -1.99. The molecule has 0 aliphatic heterocycles. The van der Waals surface area contributed by atoms with Gasteiger partial charge >= 0.3 is 0 Å². The van der Waals surface area contributed by atoms with E-state index in [1.807, 2.05) is 91.0 Å². The van der Waals surface area contributed by atoms with Gasteiger partial charge in [-0.2, -0.15) is 15.8 Å². The van der Waals surface area contributed by atoms with E-state index in [0.29, 0.717) is 16.7 Å². The largest absolute Gasteiger partial charge is 0.309 e. The molecule has 2 aromatic heterocycles. The average Bonchev–Trinajstić information content (AvgIpc) is 3.70. The van der Waals surface area contributed by atoms with Crippen LogP contribution in [0.2, 0.25) is 0 Å². The van der Waals surface area contributed by atoms with Crippen LogP contribution < -0.4 is 0 Å². The minimum atomic E-state index is 0.538. The van der Waals surface area contributed by atoms with Crippen molar-refractivity contribution in [1.82, 2.24) is 9.13 Å². The van der Waals surface area contributed by atoms with E-state index >= 15 is 0 Å². The SMILES string of the molecule is N#Cc1cc(-c2ccc(C#N)c(-n3c4ccccc4c4ccccc43)c2)cc(-c2ccccc2-n2c3ccccc3c3cc(C#N)ccc32)c1. The summed E-state index contributed by atoms with van der Waals surface area (Å²) in [5.74, 6) is 0. The zero-order valence-corrected chi connectivity index (χ0v) is 26.7. The number of nitrogens with zero attached hydrogens (tertiary/aromatic N) is 5. The molecule has 7 aromatic carbocycles. The van der Waals surface area contributed by atoms with E-state index in [9.17, 15) is 15.8 Å². The lowest BCUT2D eigenvalue weighted by molar-refractivity contribution is 1.17. The minimum Gasteiger partial charge on any atom is -0.309 e. The van der Waals surface area contributed by atoms with Gasteiger partial charge in [-0.3, -0.25) is 0 Å². The predicted molar refractivity (Wildman–Crippen MR) is 200 cm³/mol. The number of rotatable bonds is 4. The van der Waals surface area contributed by atoms with Gasteiger partial charge in [0.25, 0.3) is 0 Å². The molecule has 9 rings (SSSR count). The molecule has 0 spiro atoms. The number of nitriles is 3. The Kier molecular flexibility index (Phi) is 6.56. The van der Waals surface area contributed by atoms with Crippen molar-refractivity contribution in [3.8, 4) is 51.8 Å². The van der Waals surface area contributed by atoms with E-state index in [2.05, 4.69) is 88.0 Å². The zero-order chi connectivity index (χ0) is 33.8. The molecule has 5 nitrogen and oxygen atoms in total. The topological polar surface area (TPSA) is 81.2 Å². The van der Waals surface area contributed by atoms with E-state index in [1.54, 1.807) is 0 Å². The van der Waals surface area contributed by atoms with Crippen LogP contribution in [0, 0.1) is 34.0 Å². The van der Waals surface area contributed by atoms with Crippen molar-refractivity contribution in [2.45, 2.75) is 0 Å². The Morgan fingerprint density at radius 3 is 1.58 bits per heavy atom. The summed E-state index contributed by atoms with van der Waals surface area (Å²) in [4.78, 5) is 0. The van der Waals surface area contributed by atoms with Gasteiger partial charge in [0.05, 0.1) is 62.3 Å². The van der Waals surface area contributed by atoms with Crippen molar-refractivity contribution in [2.24, 2.45) is 0 Å². The standard InChI is InChI=1S/C45H25N5/c46-26-29-17-20-44-39(23-29)38-12-4-8-16-43(38)49(44)40-13-5-1-9-35(40)34-22-30(27-47)21-33(24-34)31-18-19-32(28-48)45(25-31)50-41-14-6-2-10-36(41)37-11-3-7-15-42(37)50/h1-25H. The average molecular weight is 636 g/mol. The molecule has 0 amide bonds. The number of hydrogen-bond acceptors (Lipinski definition) is 3. The van der Waals surface area contributed by atoms with Gasteiger partial charge in [0.15, 0.2) is 0 Å². The number of aromatic nitrogens is 2. The van der Waals surface area contributed by atoms with E-state index in [0.717, 1.165) is 77.2 Å². The summed E-state index contributed by atoms with van der Waals surface area (Å²) in [6.07, 6.45) is 0. The highest BCUT2D eigenvalue weighted by Gasteiger charge is 2.19. The maximum Gasteiger partial charge on any atom is 0.101 e. The van der Waals surface area contributed by atoms with Crippen molar-refractivity contribution in [1.29, 1.82) is 15.8 Å². The quantitative estimate of drug-likeness (QED) is 0.193. The highest BCUT2D eigenvalue weighted by molar-refractivity contribution is 6.11. The molecule has 0 saturated carbocycles. The summed E-state index contributed by atoms with van der Waals surface area (Å²) in [5, 5.41) is 34.5. The van der Waals surface area contributed by atoms with E-state index in [4.69, 9.17) is 0 Å². The second kappa shape index (κ2) is 11.4. The second-order valence-corrected chi connectivity index (χ2v) is 12.3. The van der Waals surface area contributed by atoms with Crippen LogP contribution >= 0.6 is 0 Å². The van der Waals surface area contributed by atoms with E-state index in [1.165, 1.54) is 0 Å². The van der Waals surface area contributed by atoms with Gasteiger partial charge in [0.1, 0.15) is 6.07 Å². The number of hydrogen-bond donors (Lipinski definition) is 0. The van der Waals surface area contributed by atoms with Crippen molar-refractivity contribution < 1.29 is 0 Å². The van der Waals surface area contributed by atoms with Crippen LogP contribution in [0.25, 0.3) is 77.2 Å². The number of para-hydroxylation sites is 4. The third kappa shape index (κ3) is 4.38. The molecule has 0 atom stereocenters. The van der Waals surface area contributed by atoms with Crippen LogP contribution in [0.4, 0.5) is 0 Å². The van der Waals surface area contributed by atoms with E-state index < -0.39 is 0 Å². The van der Waals surface area contributed by atoms with Gasteiger partial charge in [0.2, 0.25) is 0 Å². The summed E-state index contributed by atoms with van der Waals surface area (Å²) >= 11 is 0.